The molecule has 0 unspecified atom stereocenters. The number of rotatable bonds is 7. The van der Waals surface area contributed by atoms with Crippen molar-refractivity contribution in [3.8, 4) is 11.1 Å². The number of carbonyl (C=O) groups excluding carboxylic acids is 2. The summed E-state index contributed by atoms with van der Waals surface area (Å²) in [4.78, 5) is 34.9. The van der Waals surface area contributed by atoms with E-state index in [2.05, 4.69) is 34.6 Å². The molecule has 3 aromatic carbocycles. The predicted molar refractivity (Wildman–Crippen MR) is 141 cm³/mol. The van der Waals surface area contributed by atoms with Crippen molar-refractivity contribution < 1.29 is 14.3 Å². The normalized spacial score (nSPS) is 17.2. The van der Waals surface area contributed by atoms with Crippen molar-refractivity contribution in [2.24, 2.45) is 5.92 Å². The molecule has 188 valence electrons. The molecule has 2 heterocycles. The second kappa shape index (κ2) is 10.1. The molecule has 1 aliphatic heterocycles. The number of carbonyl (C=O) groups is 2. The summed E-state index contributed by atoms with van der Waals surface area (Å²) >= 11 is 0. The molecule has 4 aromatic rings. The number of fused-ring (bicyclic) bond motifs is 1. The Bertz CT molecular complexity index is 1430. The molecule has 1 aromatic heterocycles. The van der Waals surface area contributed by atoms with E-state index in [1.54, 1.807) is 4.90 Å². The summed E-state index contributed by atoms with van der Waals surface area (Å²) in [6, 6.07) is 24.0. The minimum atomic E-state index is -0.307. The summed E-state index contributed by atoms with van der Waals surface area (Å²) < 4.78 is 5.60. The molecule has 1 atom stereocenters. The highest BCUT2D eigenvalue weighted by Crippen LogP contribution is 2.33. The SMILES string of the molecule is O=C(NCc1cccc(-c2ccc3nc([C@@H]4CCCN4C(=O)OCc4ccccc4)[nH]c3c2)c1)C1CC1. The molecule has 0 radical (unpaired) electrons. The zero-order chi connectivity index (χ0) is 25.2. The minimum Gasteiger partial charge on any atom is -0.445 e. The number of nitrogens with zero attached hydrogens (tertiary/aromatic N) is 2. The molecule has 2 aliphatic rings. The molecule has 1 saturated heterocycles. The van der Waals surface area contributed by atoms with Crippen LogP contribution in [0, 0.1) is 5.92 Å². The number of hydrogen-bond acceptors (Lipinski definition) is 4. The Balaban J connectivity index is 1.16. The smallest absolute Gasteiger partial charge is 0.410 e. The van der Waals surface area contributed by atoms with Gasteiger partial charge >= 0.3 is 6.09 Å². The van der Waals surface area contributed by atoms with Gasteiger partial charge in [-0.1, -0.05) is 54.6 Å². The van der Waals surface area contributed by atoms with Crippen LogP contribution in [0.25, 0.3) is 22.2 Å². The van der Waals surface area contributed by atoms with Gasteiger partial charge in [0.05, 0.1) is 17.1 Å². The largest absolute Gasteiger partial charge is 0.445 e. The van der Waals surface area contributed by atoms with Crippen LogP contribution >= 0.6 is 0 Å². The second-order valence-electron chi connectivity index (χ2n) is 9.94. The number of hydrogen-bond donors (Lipinski definition) is 2. The summed E-state index contributed by atoms with van der Waals surface area (Å²) in [5.41, 5.74) is 6.01. The van der Waals surface area contributed by atoms with Crippen molar-refractivity contribution in [2.75, 3.05) is 6.54 Å². The highest BCUT2D eigenvalue weighted by molar-refractivity contribution is 5.83. The first-order chi connectivity index (χ1) is 18.1. The van der Waals surface area contributed by atoms with E-state index >= 15 is 0 Å². The molecule has 6 rings (SSSR count). The third kappa shape index (κ3) is 5.21. The number of amides is 2. The van der Waals surface area contributed by atoms with Crippen LogP contribution in [-0.4, -0.2) is 33.4 Å². The van der Waals surface area contributed by atoms with E-state index in [-0.39, 0.29) is 30.6 Å². The predicted octanol–water partition coefficient (Wildman–Crippen LogP) is 5.73. The van der Waals surface area contributed by atoms with Crippen LogP contribution in [0.5, 0.6) is 0 Å². The number of aromatic nitrogens is 2. The van der Waals surface area contributed by atoms with Crippen LogP contribution in [0.4, 0.5) is 4.79 Å². The van der Waals surface area contributed by atoms with E-state index in [1.807, 2.05) is 48.5 Å². The lowest BCUT2D eigenvalue weighted by molar-refractivity contribution is -0.122. The van der Waals surface area contributed by atoms with Crippen LogP contribution in [0.3, 0.4) is 0 Å². The first-order valence-corrected chi connectivity index (χ1v) is 13.0. The van der Waals surface area contributed by atoms with E-state index < -0.39 is 0 Å². The highest BCUT2D eigenvalue weighted by atomic mass is 16.6. The Labute approximate surface area is 215 Å². The summed E-state index contributed by atoms with van der Waals surface area (Å²) in [5.74, 6) is 1.15. The number of imidazole rings is 1. The van der Waals surface area contributed by atoms with Crippen molar-refractivity contribution in [3.05, 3.63) is 89.7 Å². The third-order valence-electron chi connectivity index (χ3n) is 7.18. The second-order valence-corrected chi connectivity index (χ2v) is 9.94. The fourth-order valence-electron chi connectivity index (χ4n) is 4.98. The molecule has 37 heavy (non-hydrogen) atoms. The Morgan fingerprint density at radius 2 is 1.76 bits per heavy atom. The van der Waals surface area contributed by atoms with Gasteiger partial charge in [0, 0.05) is 19.0 Å². The standard InChI is InChI=1S/C30H30N4O3/c35-29(22-11-12-22)31-18-21-8-4-9-23(16-21)24-13-14-25-26(17-24)33-28(32-25)27-10-5-15-34(27)30(36)37-19-20-6-2-1-3-7-20/h1-4,6-9,13-14,16-17,22,27H,5,10-12,15,18-19H2,(H,31,35)(H,32,33)/t27-/m0/s1. The molecule has 1 aliphatic carbocycles. The topological polar surface area (TPSA) is 87.3 Å². The van der Waals surface area contributed by atoms with Crippen molar-refractivity contribution in [2.45, 2.75) is 44.9 Å². The molecule has 0 bridgehead atoms. The fourth-order valence-corrected chi connectivity index (χ4v) is 4.98. The van der Waals surface area contributed by atoms with Gasteiger partial charge in [-0.15, -0.1) is 0 Å². The van der Waals surface area contributed by atoms with Gasteiger partial charge in [0.2, 0.25) is 5.91 Å². The summed E-state index contributed by atoms with van der Waals surface area (Å²) in [7, 11) is 0. The fraction of sp³-hybridized carbons (Fsp3) is 0.300. The van der Waals surface area contributed by atoms with Crippen LogP contribution < -0.4 is 5.32 Å². The average Bonchev–Trinajstić information content (AvgIpc) is 3.52. The Hall–Kier alpha value is -4.13. The first kappa shape index (κ1) is 23.3. The molecule has 2 fully saturated rings. The quantitative estimate of drug-likeness (QED) is 0.344. The maximum Gasteiger partial charge on any atom is 0.410 e. The summed E-state index contributed by atoms with van der Waals surface area (Å²) in [6.45, 7) is 1.46. The lowest BCUT2D eigenvalue weighted by atomic mass is 10.0. The van der Waals surface area contributed by atoms with E-state index in [0.717, 1.165) is 64.8 Å². The van der Waals surface area contributed by atoms with E-state index in [4.69, 9.17) is 9.72 Å². The maximum absolute atomic E-state index is 12.9. The van der Waals surface area contributed by atoms with Gasteiger partial charge in [-0.3, -0.25) is 9.69 Å². The number of benzene rings is 3. The molecular weight excluding hydrogens is 464 g/mol. The zero-order valence-corrected chi connectivity index (χ0v) is 20.7. The van der Waals surface area contributed by atoms with Gasteiger partial charge in [0.25, 0.3) is 0 Å². The molecule has 7 heteroatoms. The average molecular weight is 495 g/mol. The lowest BCUT2D eigenvalue weighted by Gasteiger charge is -2.22. The van der Waals surface area contributed by atoms with E-state index in [0.29, 0.717) is 13.1 Å². The van der Waals surface area contributed by atoms with Gasteiger partial charge in [-0.05, 0) is 66.1 Å². The molecule has 2 amide bonds. The van der Waals surface area contributed by atoms with Crippen molar-refractivity contribution in [1.82, 2.24) is 20.2 Å². The third-order valence-corrected chi connectivity index (χ3v) is 7.18. The van der Waals surface area contributed by atoms with Crippen LogP contribution in [0.2, 0.25) is 0 Å². The van der Waals surface area contributed by atoms with Crippen molar-refractivity contribution >= 4 is 23.0 Å². The number of likely N-dealkylation sites (tertiary alicyclic amines) is 1. The first-order valence-electron chi connectivity index (χ1n) is 13.0. The molecule has 1 saturated carbocycles. The molecule has 2 N–H and O–H groups in total. The maximum atomic E-state index is 12.9. The number of nitrogens with one attached hydrogen (secondary N) is 2. The van der Waals surface area contributed by atoms with Gasteiger partial charge in [-0.25, -0.2) is 9.78 Å². The summed E-state index contributed by atoms with van der Waals surface area (Å²) in [6.07, 6.45) is 3.47. The molecule has 7 nitrogen and oxygen atoms in total. The minimum absolute atomic E-state index is 0.127. The lowest BCUT2D eigenvalue weighted by Crippen LogP contribution is -2.31. The number of H-pyrrole nitrogens is 1. The van der Waals surface area contributed by atoms with Gasteiger partial charge in [0.15, 0.2) is 0 Å². The number of ether oxygens (including phenoxy) is 1. The van der Waals surface area contributed by atoms with Crippen LogP contribution in [0.1, 0.15) is 48.7 Å². The van der Waals surface area contributed by atoms with Gasteiger partial charge in [0.1, 0.15) is 12.4 Å². The van der Waals surface area contributed by atoms with Gasteiger partial charge in [-0.2, -0.15) is 0 Å². The zero-order valence-electron chi connectivity index (χ0n) is 20.7. The monoisotopic (exact) mass is 494 g/mol. The summed E-state index contributed by atoms with van der Waals surface area (Å²) in [5, 5.41) is 3.04. The Morgan fingerprint density at radius 1 is 0.946 bits per heavy atom. The highest BCUT2D eigenvalue weighted by Gasteiger charge is 2.33. The van der Waals surface area contributed by atoms with Crippen molar-refractivity contribution in [3.63, 3.8) is 0 Å². The molecule has 0 spiro atoms. The van der Waals surface area contributed by atoms with Crippen molar-refractivity contribution in [1.29, 1.82) is 0 Å². The molecular formula is C30H30N4O3. The van der Waals surface area contributed by atoms with E-state index in [1.165, 1.54) is 0 Å². The van der Waals surface area contributed by atoms with E-state index in [9.17, 15) is 9.59 Å². The van der Waals surface area contributed by atoms with Crippen LogP contribution in [0.15, 0.2) is 72.8 Å². The van der Waals surface area contributed by atoms with Crippen LogP contribution in [-0.2, 0) is 22.7 Å². The van der Waals surface area contributed by atoms with Gasteiger partial charge < -0.3 is 15.0 Å². The number of aromatic amines is 1. The Kier molecular flexibility index (Phi) is 6.35. The Morgan fingerprint density at radius 3 is 2.59 bits per heavy atom.